The van der Waals surface area contributed by atoms with Crippen molar-refractivity contribution in [2.45, 2.75) is 0 Å². The number of aromatic carboxylic acids is 1. The molecule has 0 fully saturated rings. The predicted molar refractivity (Wildman–Crippen MR) is 78.3 cm³/mol. The van der Waals surface area contributed by atoms with Crippen molar-refractivity contribution >= 4 is 45.1 Å². The number of aromatic nitrogens is 1. The van der Waals surface area contributed by atoms with Gasteiger partial charge in [0.1, 0.15) is 4.60 Å². The molecule has 5 nitrogen and oxygen atoms in total. The fourth-order valence-electron chi connectivity index (χ4n) is 1.46. The van der Waals surface area contributed by atoms with E-state index in [1.807, 2.05) is 0 Å². The fourth-order valence-corrected chi connectivity index (χ4v) is 1.86. The quantitative estimate of drug-likeness (QED) is 0.827. The standard InChI is InChI=1S/C13H8BrClN2O3/c14-11-4-2-8(6-16-11)12(18)17-10-5-7(13(19)20)1-3-9(10)15/h1-6H,(H,17,18)(H,19,20). The molecule has 1 amide bonds. The van der Waals surface area contributed by atoms with Gasteiger partial charge < -0.3 is 10.4 Å². The van der Waals surface area contributed by atoms with Gasteiger partial charge in [-0.15, -0.1) is 0 Å². The van der Waals surface area contributed by atoms with E-state index in [1.165, 1.54) is 24.4 Å². The zero-order valence-corrected chi connectivity index (χ0v) is 12.3. The third-order valence-corrected chi connectivity index (χ3v) is 3.25. The number of carboxylic acids is 1. The van der Waals surface area contributed by atoms with E-state index < -0.39 is 11.9 Å². The maximum absolute atomic E-state index is 12.0. The van der Waals surface area contributed by atoms with Crippen LogP contribution < -0.4 is 5.32 Å². The number of amides is 1. The van der Waals surface area contributed by atoms with Crippen molar-refractivity contribution in [2.24, 2.45) is 0 Å². The van der Waals surface area contributed by atoms with Crippen molar-refractivity contribution in [2.75, 3.05) is 5.32 Å². The highest BCUT2D eigenvalue weighted by Gasteiger charge is 2.11. The highest BCUT2D eigenvalue weighted by Crippen LogP contribution is 2.23. The van der Waals surface area contributed by atoms with E-state index in [-0.39, 0.29) is 16.3 Å². The molecule has 0 spiro atoms. The van der Waals surface area contributed by atoms with Crippen molar-refractivity contribution in [3.63, 3.8) is 0 Å². The molecule has 2 rings (SSSR count). The molecule has 0 aliphatic heterocycles. The number of halogens is 2. The second-order valence-electron chi connectivity index (χ2n) is 3.82. The number of anilines is 1. The van der Waals surface area contributed by atoms with Gasteiger partial charge in [0.25, 0.3) is 5.91 Å². The molecule has 1 heterocycles. The lowest BCUT2D eigenvalue weighted by molar-refractivity contribution is 0.0696. The van der Waals surface area contributed by atoms with E-state index in [4.69, 9.17) is 16.7 Å². The van der Waals surface area contributed by atoms with Gasteiger partial charge in [-0.1, -0.05) is 11.6 Å². The van der Waals surface area contributed by atoms with Crippen molar-refractivity contribution in [1.82, 2.24) is 4.98 Å². The Morgan fingerprint density at radius 3 is 2.50 bits per heavy atom. The van der Waals surface area contributed by atoms with Crippen molar-refractivity contribution in [3.8, 4) is 0 Å². The van der Waals surface area contributed by atoms with E-state index in [2.05, 4.69) is 26.2 Å². The lowest BCUT2D eigenvalue weighted by atomic mass is 10.2. The van der Waals surface area contributed by atoms with E-state index in [9.17, 15) is 9.59 Å². The molecule has 1 aromatic heterocycles. The Morgan fingerprint density at radius 2 is 1.90 bits per heavy atom. The monoisotopic (exact) mass is 354 g/mol. The topological polar surface area (TPSA) is 79.3 Å². The number of carboxylic acid groups (broad SMARTS) is 1. The maximum atomic E-state index is 12.0. The Bertz CT molecular complexity index is 674. The molecule has 0 saturated carbocycles. The summed E-state index contributed by atoms with van der Waals surface area (Å²) in [6.45, 7) is 0. The van der Waals surface area contributed by atoms with Crippen molar-refractivity contribution in [3.05, 3.63) is 57.3 Å². The van der Waals surface area contributed by atoms with Crippen LogP contribution in [0.3, 0.4) is 0 Å². The van der Waals surface area contributed by atoms with E-state index >= 15 is 0 Å². The highest BCUT2D eigenvalue weighted by molar-refractivity contribution is 9.10. The predicted octanol–water partition coefficient (Wildman–Crippen LogP) is 3.45. The molecule has 7 heteroatoms. The van der Waals surface area contributed by atoms with Gasteiger partial charge in [0, 0.05) is 6.20 Å². The first-order valence-electron chi connectivity index (χ1n) is 5.43. The van der Waals surface area contributed by atoms with Crippen LogP contribution in [0.5, 0.6) is 0 Å². The Labute approximate surface area is 127 Å². The maximum Gasteiger partial charge on any atom is 0.335 e. The minimum atomic E-state index is -1.09. The van der Waals surface area contributed by atoms with Crippen LogP contribution in [0.25, 0.3) is 0 Å². The normalized spacial score (nSPS) is 10.1. The van der Waals surface area contributed by atoms with Crippen LogP contribution in [0.15, 0.2) is 41.1 Å². The molecule has 2 N–H and O–H groups in total. The van der Waals surface area contributed by atoms with Crippen LogP contribution in [0.4, 0.5) is 5.69 Å². The summed E-state index contributed by atoms with van der Waals surface area (Å²) in [7, 11) is 0. The zero-order valence-electron chi connectivity index (χ0n) is 9.93. The van der Waals surface area contributed by atoms with Gasteiger partial charge in [0.05, 0.1) is 21.8 Å². The molecular weight excluding hydrogens is 348 g/mol. The van der Waals surface area contributed by atoms with Crippen LogP contribution in [0.2, 0.25) is 5.02 Å². The van der Waals surface area contributed by atoms with E-state index in [0.29, 0.717) is 10.2 Å². The van der Waals surface area contributed by atoms with Crippen molar-refractivity contribution < 1.29 is 14.7 Å². The van der Waals surface area contributed by atoms with Crippen molar-refractivity contribution in [1.29, 1.82) is 0 Å². The molecule has 102 valence electrons. The van der Waals surface area contributed by atoms with E-state index in [1.54, 1.807) is 12.1 Å². The van der Waals surface area contributed by atoms with Gasteiger partial charge in [0.15, 0.2) is 0 Å². The first kappa shape index (κ1) is 14.5. The molecule has 0 radical (unpaired) electrons. The lowest BCUT2D eigenvalue weighted by Gasteiger charge is -2.08. The summed E-state index contributed by atoms with van der Waals surface area (Å²) in [5.41, 5.74) is 0.614. The SMILES string of the molecule is O=C(O)c1ccc(Cl)c(NC(=O)c2ccc(Br)nc2)c1. The molecule has 2 aromatic rings. The van der Waals surface area contributed by atoms with Crippen LogP contribution in [0, 0.1) is 0 Å². The van der Waals surface area contributed by atoms with Gasteiger partial charge in [-0.05, 0) is 46.3 Å². The number of benzene rings is 1. The number of hydrogen-bond donors (Lipinski definition) is 2. The van der Waals surface area contributed by atoms with E-state index in [0.717, 1.165) is 0 Å². The number of nitrogens with one attached hydrogen (secondary N) is 1. The summed E-state index contributed by atoms with van der Waals surface area (Å²) >= 11 is 9.10. The molecule has 0 aliphatic carbocycles. The molecule has 1 aromatic carbocycles. The third kappa shape index (κ3) is 3.34. The number of carbonyl (C=O) groups is 2. The third-order valence-electron chi connectivity index (χ3n) is 2.45. The Balaban J connectivity index is 2.25. The second-order valence-corrected chi connectivity index (χ2v) is 5.04. The zero-order chi connectivity index (χ0) is 14.7. The minimum Gasteiger partial charge on any atom is -0.478 e. The number of pyridine rings is 1. The molecule has 0 bridgehead atoms. The van der Waals surface area contributed by atoms with Gasteiger partial charge >= 0.3 is 5.97 Å². The number of rotatable bonds is 3. The molecule has 0 saturated heterocycles. The fraction of sp³-hybridized carbons (Fsp3) is 0. The first-order chi connectivity index (χ1) is 9.47. The van der Waals surface area contributed by atoms with Gasteiger partial charge in [-0.25, -0.2) is 9.78 Å². The Kier molecular flexibility index (Phi) is 4.36. The highest BCUT2D eigenvalue weighted by atomic mass is 79.9. The van der Waals surface area contributed by atoms with Crippen LogP contribution in [-0.2, 0) is 0 Å². The Morgan fingerprint density at radius 1 is 1.20 bits per heavy atom. The molecule has 20 heavy (non-hydrogen) atoms. The van der Waals surface area contributed by atoms with Crippen LogP contribution in [0.1, 0.15) is 20.7 Å². The molecule has 0 aliphatic rings. The van der Waals surface area contributed by atoms with Crippen LogP contribution >= 0.6 is 27.5 Å². The molecular formula is C13H8BrClN2O3. The van der Waals surface area contributed by atoms with Gasteiger partial charge in [-0.2, -0.15) is 0 Å². The molecule has 0 atom stereocenters. The summed E-state index contributed by atoms with van der Waals surface area (Å²) in [5.74, 6) is -1.52. The molecule has 0 unspecified atom stereocenters. The van der Waals surface area contributed by atoms with Gasteiger partial charge in [0.2, 0.25) is 0 Å². The number of hydrogen-bond acceptors (Lipinski definition) is 3. The van der Waals surface area contributed by atoms with Crippen LogP contribution in [-0.4, -0.2) is 22.0 Å². The smallest absolute Gasteiger partial charge is 0.335 e. The minimum absolute atomic E-state index is 0.0404. The largest absolute Gasteiger partial charge is 0.478 e. The summed E-state index contributed by atoms with van der Waals surface area (Å²) in [4.78, 5) is 26.8. The Hall–Kier alpha value is -1.92. The second kappa shape index (κ2) is 6.02. The average Bonchev–Trinajstić information content (AvgIpc) is 2.41. The summed E-state index contributed by atoms with van der Waals surface area (Å²) in [6, 6.07) is 7.29. The van der Waals surface area contributed by atoms with Gasteiger partial charge in [-0.3, -0.25) is 4.79 Å². The number of carbonyl (C=O) groups excluding carboxylic acids is 1. The summed E-state index contributed by atoms with van der Waals surface area (Å²) in [6.07, 6.45) is 1.40. The average molecular weight is 356 g/mol. The summed E-state index contributed by atoms with van der Waals surface area (Å²) < 4.78 is 0.611. The lowest BCUT2D eigenvalue weighted by Crippen LogP contribution is -2.13. The summed E-state index contributed by atoms with van der Waals surface area (Å²) in [5, 5.41) is 11.7. The first-order valence-corrected chi connectivity index (χ1v) is 6.60. The number of nitrogens with zero attached hydrogens (tertiary/aromatic N) is 1.